The summed E-state index contributed by atoms with van der Waals surface area (Å²) in [6.45, 7) is 0. The highest BCUT2D eigenvalue weighted by Gasteiger charge is 2.21. The van der Waals surface area contributed by atoms with Crippen LogP contribution in [0.4, 0.5) is 4.39 Å². The van der Waals surface area contributed by atoms with Gasteiger partial charge in [-0.25, -0.2) is 4.39 Å². The molecule has 1 aromatic rings. The molecule has 1 fully saturated rings. The Kier molecular flexibility index (Phi) is 2.36. The topological polar surface area (TPSA) is 0 Å². The van der Waals surface area contributed by atoms with Crippen LogP contribution in [0.25, 0.3) is 6.08 Å². The monoisotopic (exact) mass is 196 g/mol. The zero-order chi connectivity index (χ0) is 9.26. The standard InChI is InChI=1S/C11H10ClF/c12-10-3-1-8(2-4-10)5-9-6-11(13)7-9/h1-5,11H,6-7H2. The van der Waals surface area contributed by atoms with Gasteiger partial charge in [0, 0.05) is 17.9 Å². The van der Waals surface area contributed by atoms with Gasteiger partial charge in [0.1, 0.15) is 6.17 Å². The van der Waals surface area contributed by atoms with Crippen molar-refractivity contribution in [1.82, 2.24) is 0 Å². The van der Waals surface area contributed by atoms with Crippen LogP contribution in [0.3, 0.4) is 0 Å². The predicted molar refractivity (Wildman–Crippen MR) is 53.6 cm³/mol. The third kappa shape index (κ3) is 2.10. The summed E-state index contributed by atoms with van der Waals surface area (Å²) in [4.78, 5) is 0. The summed E-state index contributed by atoms with van der Waals surface area (Å²) in [5.41, 5.74) is 2.29. The van der Waals surface area contributed by atoms with Crippen LogP contribution >= 0.6 is 11.6 Å². The second-order valence-electron chi connectivity index (χ2n) is 3.36. The van der Waals surface area contributed by atoms with E-state index in [0.717, 1.165) is 10.6 Å². The molecule has 1 saturated carbocycles. The van der Waals surface area contributed by atoms with E-state index >= 15 is 0 Å². The first-order valence-electron chi connectivity index (χ1n) is 4.33. The second kappa shape index (κ2) is 3.51. The van der Waals surface area contributed by atoms with Crippen molar-refractivity contribution in [3.05, 3.63) is 40.4 Å². The van der Waals surface area contributed by atoms with E-state index in [4.69, 9.17) is 11.6 Å². The fraction of sp³-hybridized carbons (Fsp3) is 0.273. The van der Waals surface area contributed by atoms with Crippen LogP contribution in [0.2, 0.25) is 5.02 Å². The lowest BCUT2D eigenvalue weighted by Crippen LogP contribution is -2.14. The second-order valence-corrected chi connectivity index (χ2v) is 3.80. The summed E-state index contributed by atoms with van der Waals surface area (Å²) < 4.78 is 12.5. The van der Waals surface area contributed by atoms with Gasteiger partial charge >= 0.3 is 0 Å². The molecule has 2 rings (SSSR count). The van der Waals surface area contributed by atoms with Crippen molar-refractivity contribution < 1.29 is 4.39 Å². The zero-order valence-electron chi connectivity index (χ0n) is 7.13. The SMILES string of the molecule is FC1CC(=Cc2ccc(Cl)cc2)C1. The van der Waals surface area contributed by atoms with Crippen LogP contribution in [0.15, 0.2) is 29.8 Å². The molecule has 13 heavy (non-hydrogen) atoms. The molecule has 2 heteroatoms. The first-order chi connectivity index (χ1) is 6.24. The quantitative estimate of drug-likeness (QED) is 0.640. The van der Waals surface area contributed by atoms with E-state index in [1.165, 1.54) is 5.57 Å². The third-order valence-corrected chi connectivity index (χ3v) is 2.46. The van der Waals surface area contributed by atoms with Crippen molar-refractivity contribution in [3.63, 3.8) is 0 Å². The van der Waals surface area contributed by atoms with Crippen LogP contribution in [0.1, 0.15) is 18.4 Å². The van der Waals surface area contributed by atoms with Gasteiger partial charge in [-0.2, -0.15) is 0 Å². The summed E-state index contributed by atoms with van der Waals surface area (Å²) in [5.74, 6) is 0. The minimum Gasteiger partial charge on any atom is -0.247 e. The van der Waals surface area contributed by atoms with Gasteiger partial charge in [-0.1, -0.05) is 35.4 Å². The lowest BCUT2D eigenvalue weighted by molar-refractivity contribution is 0.274. The smallest absolute Gasteiger partial charge is 0.108 e. The molecule has 0 spiro atoms. The van der Waals surface area contributed by atoms with Gasteiger partial charge in [-0.05, 0) is 17.7 Å². The van der Waals surface area contributed by atoms with Crippen LogP contribution in [-0.2, 0) is 0 Å². The highest BCUT2D eigenvalue weighted by Crippen LogP contribution is 2.30. The molecule has 0 bridgehead atoms. The summed E-state index contributed by atoms with van der Waals surface area (Å²) in [6, 6.07) is 7.58. The molecule has 1 aliphatic carbocycles. The van der Waals surface area contributed by atoms with Gasteiger partial charge in [-0.3, -0.25) is 0 Å². The molecule has 0 N–H and O–H groups in total. The molecule has 0 aromatic heterocycles. The molecule has 68 valence electrons. The number of alkyl halides is 1. The number of benzene rings is 1. The number of allylic oxidation sites excluding steroid dienone is 1. The maximum Gasteiger partial charge on any atom is 0.108 e. The molecule has 1 aliphatic rings. The maximum absolute atomic E-state index is 12.5. The van der Waals surface area contributed by atoms with E-state index in [2.05, 4.69) is 0 Å². The molecule has 0 nitrogen and oxygen atoms in total. The van der Waals surface area contributed by atoms with Crippen molar-refractivity contribution in [2.75, 3.05) is 0 Å². The van der Waals surface area contributed by atoms with Crippen molar-refractivity contribution in [2.24, 2.45) is 0 Å². The van der Waals surface area contributed by atoms with E-state index in [1.54, 1.807) is 0 Å². The molecule has 0 unspecified atom stereocenters. The van der Waals surface area contributed by atoms with Gasteiger partial charge < -0.3 is 0 Å². The maximum atomic E-state index is 12.5. The third-order valence-electron chi connectivity index (χ3n) is 2.21. The molecule has 0 atom stereocenters. The minimum atomic E-state index is -0.612. The Balaban J connectivity index is 2.10. The van der Waals surface area contributed by atoms with Crippen LogP contribution in [-0.4, -0.2) is 6.17 Å². The molecule has 0 radical (unpaired) electrons. The summed E-state index contributed by atoms with van der Waals surface area (Å²) in [6.07, 6.45) is 2.62. The summed E-state index contributed by atoms with van der Waals surface area (Å²) in [7, 11) is 0. The van der Waals surface area contributed by atoms with Crippen LogP contribution in [0.5, 0.6) is 0 Å². The van der Waals surface area contributed by atoms with Gasteiger partial charge in [0.25, 0.3) is 0 Å². The van der Waals surface area contributed by atoms with Crippen molar-refractivity contribution in [3.8, 4) is 0 Å². The molecule has 0 aliphatic heterocycles. The molecule has 0 amide bonds. The summed E-state index contributed by atoms with van der Waals surface area (Å²) in [5, 5.41) is 0.735. The summed E-state index contributed by atoms with van der Waals surface area (Å²) >= 11 is 5.74. The molecular formula is C11H10ClF. The minimum absolute atomic E-state index is 0.600. The van der Waals surface area contributed by atoms with Gasteiger partial charge in [0.15, 0.2) is 0 Å². The average Bonchev–Trinajstić information content (AvgIpc) is 2.06. The fourth-order valence-corrected chi connectivity index (χ4v) is 1.55. The zero-order valence-corrected chi connectivity index (χ0v) is 7.89. The van der Waals surface area contributed by atoms with E-state index in [9.17, 15) is 4.39 Å². The Morgan fingerprint density at radius 1 is 1.23 bits per heavy atom. The molecule has 1 aromatic carbocycles. The Bertz CT molecular complexity index is 318. The predicted octanol–water partition coefficient (Wildman–Crippen LogP) is 3.86. The Morgan fingerprint density at radius 3 is 2.38 bits per heavy atom. The van der Waals surface area contributed by atoms with Crippen molar-refractivity contribution >= 4 is 17.7 Å². The normalized spacial score (nSPS) is 21.1. The number of hydrogen-bond donors (Lipinski definition) is 0. The highest BCUT2D eigenvalue weighted by atomic mass is 35.5. The van der Waals surface area contributed by atoms with Gasteiger partial charge in [0.2, 0.25) is 0 Å². The van der Waals surface area contributed by atoms with E-state index in [-0.39, 0.29) is 0 Å². The largest absolute Gasteiger partial charge is 0.247 e. The fourth-order valence-electron chi connectivity index (χ4n) is 1.42. The van der Waals surface area contributed by atoms with Crippen LogP contribution < -0.4 is 0 Å². The number of halogens is 2. The van der Waals surface area contributed by atoms with Gasteiger partial charge in [-0.15, -0.1) is 0 Å². The van der Waals surface area contributed by atoms with Crippen LogP contribution in [0, 0.1) is 0 Å². The molecule has 0 heterocycles. The molecule has 0 saturated heterocycles. The lowest BCUT2D eigenvalue weighted by Gasteiger charge is -2.21. The Hall–Kier alpha value is -0.820. The Morgan fingerprint density at radius 2 is 1.85 bits per heavy atom. The first-order valence-corrected chi connectivity index (χ1v) is 4.71. The van der Waals surface area contributed by atoms with Crippen molar-refractivity contribution in [2.45, 2.75) is 19.0 Å². The van der Waals surface area contributed by atoms with Crippen molar-refractivity contribution in [1.29, 1.82) is 0 Å². The van der Waals surface area contributed by atoms with E-state index in [0.29, 0.717) is 12.8 Å². The highest BCUT2D eigenvalue weighted by molar-refractivity contribution is 6.30. The lowest BCUT2D eigenvalue weighted by atomic mass is 9.89. The first kappa shape index (κ1) is 8.76. The number of hydrogen-bond acceptors (Lipinski definition) is 0. The average molecular weight is 197 g/mol. The van der Waals surface area contributed by atoms with E-state index < -0.39 is 6.17 Å². The van der Waals surface area contributed by atoms with E-state index in [1.807, 2.05) is 30.3 Å². The number of rotatable bonds is 1. The Labute approximate surface area is 82.0 Å². The van der Waals surface area contributed by atoms with Gasteiger partial charge in [0.05, 0.1) is 0 Å². The molecular weight excluding hydrogens is 187 g/mol.